The van der Waals surface area contributed by atoms with Crippen LogP contribution in [0, 0.1) is 0 Å². The highest BCUT2D eigenvalue weighted by molar-refractivity contribution is 5.89. The van der Waals surface area contributed by atoms with Gasteiger partial charge in [-0.25, -0.2) is 4.79 Å². The van der Waals surface area contributed by atoms with Gasteiger partial charge in [0, 0.05) is 24.7 Å². The summed E-state index contributed by atoms with van der Waals surface area (Å²) in [6.45, 7) is 0.112. The lowest BCUT2D eigenvalue weighted by Crippen LogP contribution is -2.31. The minimum atomic E-state index is -4.80. The van der Waals surface area contributed by atoms with Gasteiger partial charge in [0.2, 0.25) is 5.89 Å². The molecule has 1 aromatic carbocycles. The molecule has 0 bridgehead atoms. The smallest absolute Gasteiger partial charge is 0.406 e. The van der Waals surface area contributed by atoms with E-state index in [2.05, 4.69) is 20.2 Å². The van der Waals surface area contributed by atoms with Crippen molar-refractivity contribution >= 4 is 11.7 Å². The van der Waals surface area contributed by atoms with Crippen LogP contribution in [0.15, 0.2) is 28.8 Å². The maximum Gasteiger partial charge on any atom is 0.573 e. The van der Waals surface area contributed by atoms with E-state index in [9.17, 15) is 18.0 Å². The average Bonchev–Trinajstić information content (AvgIpc) is 2.91. The molecular formula is C16H17F3N4O3. The molecule has 0 spiro atoms. The summed E-state index contributed by atoms with van der Waals surface area (Å²) in [5.41, 5.74) is 0.173. The van der Waals surface area contributed by atoms with Crippen molar-refractivity contribution in [3.8, 4) is 5.75 Å². The molecule has 140 valence electrons. The van der Waals surface area contributed by atoms with E-state index in [0.29, 0.717) is 17.6 Å². The molecule has 1 aromatic heterocycles. The lowest BCUT2D eigenvalue weighted by atomic mass is 9.85. The molecule has 1 aliphatic carbocycles. The zero-order chi connectivity index (χ0) is 18.7. The largest absolute Gasteiger partial charge is 0.573 e. The first-order valence-electron chi connectivity index (χ1n) is 8.00. The van der Waals surface area contributed by atoms with Crippen LogP contribution >= 0.6 is 0 Å². The molecule has 26 heavy (non-hydrogen) atoms. The van der Waals surface area contributed by atoms with Crippen LogP contribution < -0.4 is 10.1 Å². The summed E-state index contributed by atoms with van der Waals surface area (Å²) in [5, 5.41) is 6.34. The number of alkyl halides is 3. The molecule has 0 saturated heterocycles. The summed E-state index contributed by atoms with van der Waals surface area (Å²) < 4.78 is 45.8. The van der Waals surface area contributed by atoms with Gasteiger partial charge in [0.1, 0.15) is 5.75 Å². The number of amides is 2. The van der Waals surface area contributed by atoms with Crippen molar-refractivity contribution < 1.29 is 27.2 Å². The number of anilines is 1. The molecule has 1 aliphatic rings. The zero-order valence-electron chi connectivity index (χ0n) is 13.9. The molecule has 2 amide bonds. The number of halogens is 3. The molecule has 3 rings (SSSR count). The van der Waals surface area contributed by atoms with Gasteiger partial charge in [-0.2, -0.15) is 4.98 Å². The average molecular weight is 370 g/mol. The second-order valence-electron chi connectivity index (χ2n) is 6.04. The highest BCUT2D eigenvalue weighted by atomic mass is 19.4. The highest BCUT2D eigenvalue weighted by Crippen LogP contribution is 2.35. The van der Waals surface area contributed by atoms with Crippen LogP contribution in [-0.4, -0.2) is 34.5 Å². The molecule has 10 heteroatoms. The summed E-state index contributed by atoms with van der Waals surface area (Å²) >= 11 is 0. The molecule has 7 nitrogen and oxygen atoms in total. The normalized spacial score (nSPS) is 14.6. The Labute approximate surface area is 147 Å². The van der Waals surface area contributed by atoms with Crippen LogP contribution in [0.3, 0.4) is 0 Å². The van der Waals surface area contributed by atoms with Crippen molar-refractivity contribution in [2.75, 3.05) is 12.4 Å². The van der Waals surface area contributed by atoms with E-state index in [1.807, 2.05) is 0 Å². The van der Waals surface area contributed by atoms with E-state index in [1.54, 1.807) is 0 Å². The third-order valence-corrected chi connectivity index (χ3v) is 3.98. The fraction of sp³-hybridized carbons (Fsp3) is 0.438. The second kappa shape index (κ2) is 7.22. The Morgan fingerprint density at radius 3 is 2.85 bits per heavy atom. The number of ether oxygens (including phenoxy) is 1. The number of aromatic nitrogens is 2. The van der Waals surface area contributed by atoms with Crippen LogP contribution in [-0.2, 0) is 6.54 Å². The van der Waals surface area contributed by atoms with E-state index in [1.165, 1.54) is 24.1 Å². The fourth-order valence-corrected chi connectivity index (χ4v) is 2.43. The molecule has 2 aromatic rings. The first kappa shape index (κ1) is 18.0. The molecule has 1 heterocycles. The first-order chi connectivity index (χ1) is 12.3. The van der Waals surface area contributed by atoms with Crippen molar-refractivity contribution in [3.05, 3.63) is 36.0 Å². The molecule has 1 N–H and O–H groups in total. The molecule has 0 aliphatic heterocycles. The topological polar surface area (TPSA) is 80.5 Å². The fourth-order valence-electron chi connectivity index (χ4n) is 2.43. The van der Waals surface area contributed by atoms with Crippen molar-refractivity contribution in [3.63, 3.8) is 0 Å². The van der Waals surface area contributed by atoms with E-state index < -0.39 is 18.1 Å². The van der Waals surface area contributed by atoms with Crippen molar-refractivity contribution in [2.24, 2.45) is 0 Å². The zero-order valence-corrected chi connectivity index (χ0v) is 13.9. The summed E-state index contributed by atoms with van der Waals surface area (Å²) in [5.74, 6) is 0.837. The monoisotopic (exact) mass is 370 g/mol. The van der Waals surface area contributed by atoms with E-state index >= 15 is 0 Å². The molecule has 1 saturated carbocycles. The quantitative estimate of drug-likeness (QED) is 0.863. The summed E-state index contributed by atoms with van der Waals surface area (Å²) in [4.78, 5) is 17.8. The Morgan fingerprint density at radius 1 is 1.42 bits per heavy atom. The van der Waals surface area contributed by atoms with Crippen molar-refractivity contribution in [1.82, 2.24) is 15.0 Å². The van der Waals surface area contributed by atoms with Crippen LogP contribution in [0.5, 0.6) is 5.75 Å². The Morgan fingerprint density at radius 2 is 2.19 bits per heavy atom. The third kappa shape index (κ3) is 4.64. The minimum Gasteiger partial charge on any atom is -0.406 e. The number of urea groups is 1. The lowest BCUT2D eigenvalue weighted by molar-refractivity contribution is -0.274. The summed E-state index contributed by atoms with van der Waals surface area (Å²) in [6.07, 6.45) is -1.61. The maximum atomic E-state index is 12.3. The number of rotatable bonds is 5. The van der Waals surface area contributed by atoms with Gasteiger partial charge in [0.25, 0.3) is 0 Å². The van der Waals surface area contributed by atoms with Gasteiger partial charge in [-0.05, 0) is 25.0 Å². The first-order valence-corrected chi connectivity index (χ1v) is 8.00. The van der Waals surface area contributed by atoms with Gasteiger partial charge in [0.05, 0.1) is 6.54 Å². The number of carbonyl (C=O) groups excluding carboxylic acids is 1. The maximum absolute atomic E-state index is 12.3. The molecule has 0 radical (unpaired) electrons. The number of carbonyl (C=O) groups is 1. The van der Waals surface area contributed by atoms with Crippen LogP contribution in [0.2, 0.25) is 0 Å². The standard InChI is InChI=1S/C16H17F3N4O3/c1-23(9-13-21-14(26-22-13)10-4-2-5-10)15(24)20-11-6-3-7-12(8-11)25-16(17,18)19/h3,6-8,10H,2,4-5,9H2,1H3,(H,20,24). The van der Waals surface area contributed by atoms with Crippen molar-refractivity contribution in [1.29, 1.82) is 0 Å². The predicted octanol–water partition coefficient (Wildman–Crippen LogP) is 3.90. The van der Waals surface area contributed by atoms with Crippen LogP contribution in [0.1, 0.15) is 36.9 Å². The van der Waals surface area contributed by atoms with Crippen LogP contribution in [0.25, 0.3) is 0 Å². The third-order valence-electron chi connectivity index (χ3n) is 3.98. The minimum absolute atomic E-state index is 0.112. The number of hydrogen-bond acceptors (Lipinski definition) is 5. The van der Waals surface area contributed by atoms with Crippen LogP contribution in [0.4, 0.5) is 23.7 Å². The Kier molecular flexibility index (Phi) is 5.01. The van der Waals surface area contributed by atoms with Gasteiger partial charge < -0.3 is 19.5 Å². The van der Waals surface area contributed by atoms with E-state index in [4.69, 9.17) is 4.52 Å². The van der Waals surface area contributed by atoms with Gasteiger partial charge >= 0.3 is 12.4 Å². The molecule has 0 atom stereocenters. The van der Waals surface area contributed by atoms with E-state index in [0.717, 1.165) is 31.4 Å². The Balaban J connectivity index is 1.57. The van der Waals surface area contributed by atoms with Gasteiger partial charge in [0.15, 0.2) is 5.82 Å². The lowest BCUT2D eigenvalue weighted by Gasteiger charge is -2.20. The number of nitrogens with zero attached hydrogens (tertiary/aromatic N) is 3. The summed E-state index contributed by atoms with van der Waals surface area (Å²) in [7, 11) is 1.52. The SMILES string of the molecule is CN(Cc1noc(C2CCC2)n1)C(=O)Nc1cccc(OC(F)(F)F)c1. The number of nitrogens with one attached hydrogen (secondary N) is 1. The van der Waals surface area contributed by atoms with Gasteiger partial charge in [-0.3, -0.25) is 0 Å². The second-order valence-corrected chi connectivity index (χ2v) is 6.04. The predicted molar refractivity (Wildman–Crippen MR) is 84.5 cm³/mol. The Bertz CT molecular complexity index is 774. The molecule has 1 fully saturated rings. The number of hydrogen-bond donors (Lipinski definition) is 1. The number of benzene rings is 1. The highest BCUT2D eigenvalue weighted by Gasteiger charge is 2.31. The van der Waals surface area contributed by atoms with Crippen molar-refractivity contribution in [2.45, 2.75) is 38.1 Å². The van der Waals surface area contributed by atoms with E-state index in [-0.39, 0.29) is 12.2 Å². The Hall–Kier alpha value is -2.78. The van der Waals surface area contributed by atoms with Gasteiger partial charge in [-0.1, -0.05) is 17.6 Å². The molecular weight excluding hydrogens is 353 g/mol. The molecule has 0 unspecified atom stereocenters. The summed E-state index contributed by atoms with van der Waals surface area (Å²) in [6, 6.07) is 4.51. The van der Waals surface area contributed by atoms with Gasteiger partial charge in [-0.15, -0.1) is 13.2 Å².